The van der Waals surface area contributed by atoms with Gasteiger partial charge in [0.05, 0.1) is 0 Å². The molecular weight excluding hydrogens is 426 g/mol. The van der Waals surface area contributed by atoms with Crippen LogP contribution >= 0.6 is 0 Å². The average molecular weight is 449 g/mol. The van der Waals surface area contributed by atoms with Gasteiger partial charge in [0.25, 0.3) is 0 Å². The molecular formula is C22H22Cl2Zr. The van der Waals surface area contributed by atoms with E-state index >= 15 is 0 Å². The third-order valence-electron chi connectivity index (χ3n) is 5.03. The van der Waals surface area contributed by atoms with Crippen molar-refractivity contribution in [3.8, 4) is 11.1 Å². The summed E-state index contributed by atoms with van der Waals surface area (Å²) in [4.78, 5) is 0. The van der Waals surface area contributed by atoms with Gasteiger partial charge in [0.1, 0.15) is 0 Å². The minimum Gasteiger partial charge on any atom is -1.00 e. The van der Waals surface area contributed by atoms with Crippen LogP contribution in [-0.4, -0.2) is 3.21 Å². The molecule has 0 spiro atoms. The standard InChI is InChI=1S/C14H11.C5H5.C3H6.2ClH.Zr/c1-10-6-7-12-9-11-4-2-3-5-13(11)14(12)8-10;1-2-4-5-3-1;1-3-2;;;/h2-9H,1H3;1-3H,4H2;1-2H3;2*1H;/q;;;;;+2/p-2. The van der Waals surface area contributed by atoms with Crippen LogP contribution < -0.4 is 24.8 Å². The fourth-order valence-corrected chi connectivity index (χ4v) is 12.3. The van der Waals surface area contributed by atoms with Crippen molar-refractivity contribution in [1.82, 2.24) is 0 Å². The van der Waals surface area contributed by atoms with Crippen molar-refractivity contribution in [3.05, 3.63) is 80.7 Å². The molecule has 0 N–H and O–H groups in total. The normalized spacial score (nSPS) is 15.9. The summed E-state index contributed by atoms with van der Waals surface area (Å²) in [5.41, 5.74) is 7.48. The summed E-state index contributed by atoms with van der Waals surface area (Å²) in [6.07, 6.45) is 8.18. The molecule has 1 atom stereocenters. The van der Waals surface area contributed by atoms with Crippen LogP contribution in [0.25, 0.3) is 11.1 Å². The third-order valence-corrected chi connectivity index (χ3v) is 13.2. The second kappa shape index (κ2) is 8.30. The molecule has 0 heterocycles. The Morgan fingerprint density at radius 2 is 1.68 bits per heavy atom. The monoisotopic (exact) mass is 446 g/mol. The van der Waals surface area contributed by atoms with Gasteiger partial charge in [-0.05, 0) is 0 Å². The van der Waals surface area contributed by atoms with E-state index in [1.165, 1.54) is 23.1 Å². The largest absolute Gasteiger partial charge is 1.00 e. The molecule has 25 heavy (non-hydrogen) atoms. The first kappa shape index (κ1) is 20.6. The molecule has 2 aliphatic rings. The Labute approximate surface area is 171 Å². The zero-order valence-electron chi connectivity index (χ0n) is 14.8. The molecule has 0 amide bonds. The fraction of sp³-hybridized carbons (Fsp3) is 0.227. The minimum absolute atomic E-state index is 0. The molecule has 0 radical (unpaired) electrons. The molecule has 0 saturated carbocycles. The van der Waals surface area contributed by atoms with Crippen molar-refractivity contribution < 1.29 is 46.1 Å². The van der Waals surface area contributed by atoms with Gasteiger partial charge in [-0.3, -0.25) is 0 Å². The van der Waals surface area contributed by atoms with Gasteiger partial charge in [-0.25, -0.2) is 0 Å². The molecule has 0 fully saturated rings. The van der Waals surface area contributed by atoms with E-state index in [1.54, 1.807) is 17.6 Å². The summed E-state index contributed by atoms with van der Waals surface area (Å²) in [5.74, 6) is 0. The van der Waals surface area contributed by atoms with Crippen molar-refractivity contribution in [3.63, 3.8) is 0 Å². The maximum absolute atomic E-state index is 2.41. The Morgan fingerprint density at radius 1 is 0.960 bits per heavy atom. The van der Waals surface area contributed by atoms with Gasteiger partial charge < -0.3 is 24.8 Å². The van der Waals surface area contributed by atoms with Crippen molar-refractivity contribution in [2.24, 2.45) is 0 Å². The maximum atomic E-state index is 2.41. The molecule has 4 rings (SSSR count). The SMILES string of the molecule is C[C](C)=[Zr+2]([C]1=CC=CC1)[CH]1c2ccccc2-c2cc(C)ccc21.[Cl-].[Cl-]. The second-order valence-corrected chi connectivity index (χ2v) is 14.3. The Bertz CT molecular complexity index is 887. The molecule has 0 aliphatic heterocycles. The first-order chi connectivity index (χ1) is 11.2. The number of rotatable bonds is 2. The van der Waals surface area contributed by atoms with E-state index in [-0.39, 0.29) is 24.8 Å². The summed E-state index contributed by atoms with van der Waals surface area (Å²) in [7, 11) is 0. The Balaban J connectivity index is 0.00000113. The van der Waals surface area contributed by atoms with E-state index < -0.39 is 21.3 Å². The van der Waals surface area contributed by atoms with Crippen molar-refractivity contribution >= 4 is 3.21 Å². The van der Waals surface area contributed by atoms with E-state index in [4.69, 9.17) is 0 Å². The van der Waals surface area contributed by atoms with Crippen LogP contribution in [0.15, 0.2) is 64.0 Å². The van der Waals surface area contributed by atoms with Gasteiger partial charge in [-0.15, -0.1) is 0 Å². The topological polar surface area (TPSA) is 0 Å². The van der Waals surface area contributed by atoms with E-state index in [0.717, 1.165) is 0 Å². The van der Waals surface area contributed by atoms with Gasteiger partial charge in [-0.2, -0.15) is 0 Å². The van der Waals surface area contributed by atoms with Crippen LogP contribution in [0.4, 0.5) is 0 Å². The van der Waals surface area contributed by atoms with Gasteiger partial charge in [0.15, 0.2) is 0 Å². The van der Waals surface area contributed by atoms with Crippen LogP contribution in [0.5, 0.6) is 0 Å². The first-order valence-corrected chi connectivity index (χ1v) is 12.3. The Morgan fingerprint density at radius 3 is 2.36 bits per heavy atom. The number of aryl methyl sites for hydroxylation is 1. The van der Waals surface area contributed by atoms with Crippen LogP contribution in [0.2, 0.25) is 0 Å². The van der Waals surface area contributed by atoms with Gasteiger partial charge >= 0.3 is 147 Å². The van der Waals surface area contributed by atoms with Gasteiger partial charge in [-0.1, -0.05) is 0 Å². The molecule has 1 unspecified atom stereocenters. The molecule has 0 nitrogen and oxygen atoms in total. The fourth-order valence-electron chi connectivity index (χ4n) is 4.07. The van der Waals surface area contributed by atoms with Crippen molar-refractivity contribution in [2.45, 2.75) is 30.8 Å². The number of hydrogen-bond donors (Lipinski definition) is 0. The van der Waals surface area contributed by atoms with Crippen molar-refractivity contribution in [2.75, 3.05) is 0 Å². The van der Waals surface area contributed by atoms with Gasteiger partial charge in [0.2, 0.25) is 0 Å². The molecule has 128 valence electrons. The zero-order chi connectivity index (χ0) is 16.0. The van der Waals surface area contributed by atoms with Crippen molar-refractivity contribution in [1.29, 1.82) is 0 Å². The predicted octanol–water partition coefficient (Wildman–Crippen LogP) is -0.253. The minimum atomic E-state index is -1.89. The van der Waals surface area contributed by atoms with Crippen LogP contribution in [0, 0.1) is 6.92 Å². The van der Waals surface area contributed by atoms with Crippen LogP contribution in [0.1, 0.15) is 40.6 Å². The first-order valence-electron chi connectivity index (χ1n) is 8.40. The number of benzene rings is 2. The Kier molecular flexibility index (Phi) is 6.82. The quantitative estimate of drug-likeness (QED) is 0.595. The molecule has 0 aromatic heterocycles. The van der Waals surface area contributed by atoms with Gasteiger partial charge in [0, 0.05) is 0 Å². The second-order valence-electron chi connectivity index (χ2n) is 6.85. The molecule has 0 saturated heterocycles. The van der Waals surface area contributed by atoms with E-state index in [0.29, 0.717) is 3.63 Å². The smallest absolute Gasteiger partial charge is 1.00 e. The average Bonchev–Trinajstić information content (AvgIpc) is 3.15. The summed E-state index contributed by atoms with van der Waals surface area (Å²) >= 11 is -1.89. The maximum Gasteiger partial charge on any atom is -1.00 e. The predicted molar refractivity (Wildman–Crippen MR) is 96.7 cm³/mol. The third kappa shape index (κ3) is 3.57. The molecule has 3 heteroatoms. The zero-order valence-corrected chi connectivity index (χ0v) is 18.8. The number of hydrogen-bond acceptors (Lipinski definition) is 0. The summed E-state index contributed by atoms with van der Waals surface area (Å²) in [6, 6.07) is 16.2. The van der Waals surface area contributed by atoms with Crippen LogP contribution in [-0.2, 0) is 21.3 Å². The van der Waals surface area contributed by atoms with E-state index in [1.807, 2.05) is 0 Å². The number of fused-ring (bicyclic) bond motifs is 3. The number of halogens is 2. The summed E-state index contributed by atoms with van der Waals surface area (Å²) in [6.45, 7) is 6.96. The molecule has 2 aromatic rings. The number of allylic oxidation sites excluding steroid dienone is 4. The Hall–Kier alpha value is -0.747. The molecule has 2 aromatic carbocycles. The van der Waals surface area contributed by atoms with E-state index in [9.17, 15) is 0 Å². The molecule has 0 bridgehead atoms. The summed E-state index contributed by atoms with van der Waals surface area (Å²) < 4.78 is 4.11. The van der Waals surface area contributed by atoms with Crippen LogP contribution in [0.3, 0.4) is 0 Å². The molecule has 2 aliphatic carbocycles. The summed E-state index contributed by atoms with van der Waals surface area (Å²) in [5, 5.41) is 0. The van der Waals surface area contributed by atoms with E-state index in [2.05, 4.69) is 81.5 Å².